The lowest BCUT2D eigenvalue weighted by atomic mass is 9.92. The second-order valence-corrected chi connectivity index (χ2v) is 9.20. The fraction of sp³-hybridized carbons (Fsp3) is 0.200. The molecule has 1 aromatic heterocycles. The Morgan fingerprint density at radius 3 is 2.29 bits per heavy atom. The SMILES string of the molecule is N=C(c1ccc(Oc2ccccc2)cc1)c1c(N)ncnc1NC1CCCC(OC(=O)c2ccccc2)C1. The average molecular weight is 508 g/mol. The molecule has 0 bridgehead atoms. The molecule has 5 rings (SSSR count). The van der Waals surface area contributed by atoms with Gasteiger partial charge in [0, 0.05) is 18.0 Å². The van der Waals surface area contributed by atoms with E-state index in [1.807, 2.05) is 72.8 Å². The monoisotopic (exact) mass is 507 g/mol. The van der Waals surface area contributed by atoms with Gasteiger partial charge >= 0.3 is 5.97 Å². The van der Waals surface area contributed by atoms with Crippen molar-refractivity contribution in [2.45, 2.75) is 37.8 Å². The van der Waals surface area contributed by atoms with E-state index in [2.05, 4.69) is 15.3 Å². The van der Waals surface area contributed by atoms with Crippen molar-refractivity contribution >= 4 is 23.3 Å². The van der Waals surface area contributed by atoms with Gasteiger partial charge in [-0.05, 0) is 67.8 Å². The molecule has 0 amide bonds. The topological polar surface area (TPSA) is 123 Å². The first-order chi connectivity index (χ1) is 18.6. The fourth-order valence-electron chi connectivity index (χ4n) is 4.58. The first kappa shape index (κ1) is 25.0. The Morgan fingerprint density at radius 2 is 1.55 bits per heavy atom. The summed E-state index contributed by atoms with van der Waals surface area (Å²) in [6.07, 6.45) is 4.43. The van der Waals surface area contributed by atoms with Gasteiger partial charge in [-0.1, -0.05) is 36.4 Å². The van der Waals surface area contributed by atoms with Gasteiger partial charge in [0.2, 0.25) is 0 Å². The highest BCUT2D eigenvalue weighted by atomic mass is 16.5. The van der Waals surface area contributed by atoms with Crippen LogP contribution >= 0.6 is 0 Å². The van der Waals surface area contributed by atoms with Crippen molar-refractivity contribution in [1.29, 1.82) is 5.41 Å². The minimum atomic E-state index is -0.315. The molecule has 1 aliphatic rings. The van der Waals surface area contributed by atoms with Crippen LogP contribution in [-0.4, -0.2) is 33.8 Å². The number of para-hydroxylation sites is 1. The van der Waals surface area contributed by atoms with Gasteiger partial charge < -0.3 is 20.5 Å². The Morgan fingerprint density at radius 1 is 0.868 bits per heavy atom. The number of rotatable bonds is 8. The summed E-state index contributed by atoms with van der Waals surface area (Å²) in [4.78, 5) is 21.1. The molecule has 2 unspecified atom stereocenters. The molecular formula is C30H29N5O3. The average Bonchev–Trinajstić information content (AvgIpc) is 2.94. The highest BCUT2D eigenvalue weighted by Gasteiger charge is 2.27. The highest BCUT2D eigenvalue weighted by molar-refractivity contribution is 6.16. The summed E-state index contributed by atoms with van der Waals surface area (Å²) < 4.78 is 11.6. The fourth-order valence-corrected chi connectivity index (χ4v) is 4.58. The van der Waals surface area contributed by atoms with E-state index in [0.29, 0.717) is 34.7 Å². The van der Waals surface area contributed by atoms with Crippen molar-refractivity contribution in [3.8, 4) is 11.5 Å². The van der Waals surface area contributed by atoms with Gasteiger partial charge in [-0.25, -0.2) is 14.8 Å². The lowest BCUT2D eigenvalue weighted by molar-refractivity contribution is 0.0199. The van der Waals surface area contributed by atoms with E-state index < -0.39 is 0 Å². The molecule has 1 saturated carbocycles. The third kappa shape index (κ3) is 5.98. The van der Waals surface area contributed by atoms with Crippen molar-refractivity contribution < 1.29 is 14.3 Å². The van der Waals surface area contributed by atoms with Gasteiger partial charge in [0.1, 0.15) is 35.6 Å². The first-order valence-electron chi connectivity index (χ1n) is 12.6. The number of nitrogens with one attached hydrogen (secondary N) is 2. The zero-order valence-electron chi connectivity index (χ0n) is 20.8. The molecule has 0 aliphatic heterocycles. The normalized spacial score (nSPS) is 16.8. The number of aromatic nitrogens is 2. The molecule has 8 heteroatoms. The lowest BCUT2D eigenvalue weighted by Crippen LogP contribution is -2.33. The third-order valence-electron chi connectivity index (χ3n) is 6.50. The molecule has 1 aliphatic carbocycles. The van der Waals surface area contributed by atoms with E-state index in [4.69, 9.17) is 20.6 Å². The van der Waals surface area contributed by atoms with Crippen LogP contribution in [0.15, 0.2) is 91.3 Å². The molecular weight excluding hydrogens is 478 g/mol. The molecule has 0 spiro atoms. The number of nitrogens with zero attached hydrogens (tertiary/aromatic N) is 2. The molecule has 1 heterocycles. The van der Waals surface area contributed by atoms with Crippen LogP contribution in [0.5, 0.6) is 11.5 Å². The minimum Gasteiger partial charge on any atom is -0.459 e. The Hall–Kier alpha value is -4.72. The van der Waals surface area contributed by atoms with Crippen LogP contribution in [-0.2, 0) is 4.74 Å². The summed E-state index contributed by atoms with van der Waals surface area (Å²) in [5.41, 5.74) is 8.08. The zero-order chi connectivity index (χ0) is 26.3. The van der Waals surface area contributed by atoms with Crippen LogP contribution in [0.4, 0.5) is 11.6 Å². The quantitative estimate of drug-likeness (QED) is 0.202. The summed E-state index contributed by atoms with van der Waals surface area (Å²) in [7, 11) is 0. The molecule has 192 valence electrons. The predicted molar refractivity (Wildman–Crippen MR) is 147 cm³/mol. The summed E-state index contributed by atoms with van der Waals surface area (Å²) in [5, 5.41) is 12.3. The molecule has 4 N–H and O–H groups in total. The smallest absolute Gasteiger partial charge is 0.338 e. The van der Waals surface area contributed by atoms with Gasteiger partial charge in [-0.2, -0.15) is 0 Å². The number of carbonyl (C=O) groups is 1. The molecule has 38 heavy (non-hydrogen) atoms. The number of benzene rings is 3. The summed E-state index contributed by atoms with van der Waals surface area (Å²) in [6.45, 7) is 0. The molecule has 0 saturated heterocycles. The van der Waals surface area contributed by atoms with Crippen LogP contribution in [0, 0.1) is 5.41 Å². The largest absolute Gasteiger partial charge is 0.459 e. The second kappa shape index (κ2) is 11.6. The first-order valence-corrected chi connectivity index (χ1v) is 12.6. The summed E-state index contributed by atoms with van der Waals surface area (Å²) in [5.74, 6) is 1.81. The lowest BCUT2D eigenvalue weighted by Gasteiger charge is -2.30. The van der Waals surface area contributed by atoms with Gasteiger partial charge in [-0.3, -0.25) is 5.41 Å². The van der Waals surface area contributed by atoms with E-state index in [-0.39, 0.29) is 29.6 Å². The standard InChI is InChI=1S/C30H29N5O3/c31-27(20-14-16-24(17-15-20)37-23-11-5-2-6-12-23)26-28(32)33-19-34-29(26)35-22-10-7-13-25(18-22)38-30(36)21-8-3-1-4-9-21/h1-6,8-9,11-12,14-17,19,22,25,31H,7,10,13,18H2,(H3,32,33,34,35). The summed E-state index contributed by atoms with van der Waals surface area (Å²) >= 11 is 0. The molecule has 8 nitrogen and oxygen atoms in total. The number of hydrogen-bond donors (Lipinski definition) is 3. The van der Waals surface area contributed by atoms with E-state index in [1.165, 1.54) is 6.33 Å². The number of anilines is 2. The molecule has 2 atom stereocenters. The van der Waals surface area contributed by atoms with E-state index >= 15 is 0 Å². The third-order valence-corrected chi connectivity index (χ3v) is 6.50. The predicted octanol–water partition coefficient (Wildman–Crippen LogP) is 5.85. The Bertz CT molecular complexity index is 1390. The van der Waals surface area contributed by atoms with Crippen molar-refractivity contribution in [2.24, 2.45) is 0 Å². The number of hydrogen-bond acceptors (Lipinski definition) is 8. The van der Waals surface area contributed by atoms with Gasteiger partial charge in [-0.15, -0.1) is 0 Å². The van der Waals surface area contributed by atoms with E-state index in [0.717, 1.165) is 25.0 Å². The van der Waals surface area contributed by atoms with Crippen molar-refractivity contribution in [2.75, 3.05) is 11.1 Å². The van der Waals surface area contributed by atoms with Gasteiger partial charge in [0.25, 0.3) is 0 Å². The molecule has 1 fully saturated rings. The van der Waals surface area contributed by atoms with Crippen molar-refractivity contribution in [1.82, 2.24) is 9.97 Å². The van der Waals surface area contributed by atoms with Crippen molar-refractivity contribution in [3.05, 3.63) is 108 Å². The number of nitrogen functional groups attached to an aromatic ring is 1. The van der Waals surface area contributed by atoms with Crippen molar-refractivity contribution in [3.63, 3.8) is 0 Å². The Kier molecular flexibility index (Phi) is 7.59. The summed E-state index contributed by atoms with van der Waals surface area (Å²) in [6, 6.07) is 25.8. The van der Waals surface area contributed by atoms with Crippen LogP contribution in [0.1, 0.15) is 47.2 Å². The molecule has 4 aromatic rings. The van der Waals surface area contributed by atoms with Gasteiger partial charge in [0.15, 0.2) is 0 Å². The number of ether oxygens (including phenoxy) is 2. The number of carbonyl (C=O) groups excluding carboxylic acids is 1. The van der Waals surface area contributed by atoms with Crippen LogP contribution in [0.2, 0.25) is 0 Å². The van der Waals surface area contributed by atoms with Crippen LogP contribution in [0.25, 0.3) is 0 Å². The Balaban J connectivity index is 1.27. The Labute approximate surface area is 221 Å². The molecule has 3 aromatic carbocycles. The number of esters is 1. The van der Waals surface area contributed by atoms with E-state index in [1.54, 1.807) is 12.1 Å². The maximum absolute atomic E-state index is 12.5. The highest BCUT2D eigenvalue weighted by Crippen LogP contribution is 2.29. The van der Waals surface area contributed by atoms with Crippen LogP contribution in [0.3, 0.4) is 0 Å². The maximum atomic E-state index is 12.5. The molecule has 0 radical (unpaired) electrons. The maximum Gasteiger partial charge on any atom is 0.338 e. The van der Waals surface area contributed by atoms with Gasteiger partial charge in [0.05, 0.1) is 16.8 Å². The zero-order valence-corrected chi connectivity index (χ0v) is 20.8. The second-order valence-electron chi connectivity index (χ2n) is 9.20. The number of nitrogens with two attached hydrogens (primary N) is 1. The minimum absolute atomic E-state index is 0.0137. The van der Waals surface area contributed by atoms with E-state index in [9.17, 15) is 4.79 Å². The van der Waals surface area contributed by atoms with Crippen LogP contribution < -0.4 is 15.8 Å².